The molecule has 1 aliphatic rings. The van der Waals surface area contributed by atoms with E-state index in [9.17, 15) is 13.5 Å². The fourth-order valence-electron chi connectivity index (χ4n) is 2.49. The molecule has 118 valence electrons. The zero-order valence-corrected chi connectivity index (χ0v) is 13.1. The minimum absolute atomic E-state index is 0.0121. The van der Waals surface area contributed by atoms with Crippen LogP contribution in [0.5, 0.6) is 0 Å². The molecular formula is C14H22N2O4S. The molecule has 21 heavy (non-hydrogen) atoms. The molecular weight excluding hydrogens is 292 g/mol. The average Bonchev–Trinajstić information content (AvgIpc) is 2.85. The summed E-state index contributed by atoms with van der Waals surface area (Å²) in [5.41, 5.74) is 0.821. The second-order valence-electron chi connectivity index (χ2n) is 5.36. The molecule has 0 aromatic heterocycles. The highest BCUT2D eigenvalue weighted by molar-refractivity contribution is 7.89. The van der Waals surface area contributed by atoms with Gasteiger partial charge in [0.25, 0.3) is 0 Å². The van der Waals surface area contributed by atoms with Crippen molar-refractivity contribution in [2.45, 2.75) is 30.1 Å². The average molecular weight is 314 g/mol. The van der Waals surface area contributed by atoms with Crippen molar-refractivity contribution in [3.8, 4) is 0 Å². The van der Waals surface area contributed by atoms with E-state index in [0.29, 0.717) is 26.1 Å². The Morgan fingerprint density at radius 2 is 2.24 bits per heavy atom. The Morgan fingerprint density at radius 1 is 1.48 bits per heavy atom. The summed E-state index contributed by atoms with van der Waals surface area (Å²) in [6.07, 6.45) is 0.181. The van der Waals surface area contributed by atoms with Gasteiger partial charge in [0.05, 0.1) is 17.6 Å². The number of nitrogens with one attached hydrogen (secondary N) is 1. The van der Waals surface area contributed by atoms with E-state index >= 15 is 0 Å². The molecule has 0 unspecified atom stereocenters. The summed E-state index contributed by atoms with van der Waals surface area (Å²) < 4.78 is 31.5. The van der Waals surface area contributed by atoms with E-state index in [1.54, 1.807) is 32.4 Å². The van der Waals surface area contributed by atoms with Gasteiger partial charge < -0.3 is 15.2 Å². The smallest absolute Gasteiger partial charge is 0.242 e. The van der Waals surface area contributed by atoms with Crippen molar-refractivity contribution in [2.24, 2.45) is 0 Å². The highest BCUT2D eigenvalue weighted by atomic mass is 32.2. The number of aliphatic hydroxyl groups excluding tert-OH is 1. The van der Waals surface area contributed by atoms with Crippen LogP contribution in [-0.2, 0) is 21.4 Å². The van der Waals surface area contributed by atoms with Crippen LogP contribution in [0, 0.1) is 0 Å². The molecule has 1 saturated heterocycles. The summed E-state index contributed by atoms with van der Waals surface area (Å²) in [5.74, 6) is 0. The maximum Gasteiger partial charge on any atom is 0.242 e. The predicted octanol–water partition coefficient (Wildman–Crippen LogP) is 0.176. The zero-order valence-electron chi connectivity index (χ0n) is 12.3. The molecule has 0 aliphatic carbocycles. The van der Waals surface area contributed by atoms with E-state index in [1.807, 2.05) is 6.07 Å². The molecule has 1 aromatic carbocycles. The van der Waals surface area contributed by atoms with E-state index in [0.717, 1.165) is 5.56 Å². The fraction of sp³-hybridized carbons (Fsp3) is 0.571. The number of hydrogen-bond acceptors (Lipinski definition) is 5. The second-order valence-corrected chi connectivity index (χ2v) is 7.41. The minimum Gasteiger partial charge on any atom is -0.392 e. The van der Waals surface area contributed by atoms with Gasteiger partial charge in [-0.2, -0.15) is 4.31 Å². The first kappa shape index (κ1) is 16.4. The second kappa shape index (κ2) is 6.85. The van der Waals surface area contributed by atoms with Crippen molar-refractivity contribution in [2.75, 3.05) is 27.2 Å². The van der Waals surface area contributed by atoms with Crippen LogP contribution < -0.4 is 5.32 Å². The summed E-state index contributed by atoms with van der Waals surface area (Å²) in [7, 11) is -0.395. The molecule has 2 rings (SSSR count). The van der Waals surface area contributed by atoms with Gasteiger partial charge in [0, 0.05) is 33.3 Å². The first-order chi connectivity index (χ1) is 9.93. The highest BCUT2D eigenvalue weighted by Gasteiger charge is 2.28. The number of rotatable bonds is 6. The van der Waals surface area contributed by atoms with Gasteiger partial charge in [-0.1, -0.05) is 12.1 Å². The number of β-amino-alcohol motifs (C(OH)–C–C–N with tert-alkyl or cyclic N) is 1. The van der Waals surface area contributed by atoms with E-state index < -0.39 is 16.1 Å². The zero-order chi connectivity index (χ0) is 15.5. The Kier molecular flexibility index (Phi) is 5.34. The molecule has 1 aromatic rings. The Bertz CT molecular complexity index is 576. The third kappa shape index (κ3) is 4.02. The normalized spacial score (nSPS) is 22.9. The highest BCUT2D eigenvalue weighted by Crippen LogP contribution is 2.18. The van der Waals surface area contributed by atoms with Crippen molar-refractivity contribution in [1.82, 2.24) is 9.62 Å². The molecule has 0 saturated carbocycles. The van der Waals surface area contributed by atoms with E-state index in [2.05, 4.69) is 5.32 Å². The van der Waals surface area contributed by atoms with Crippen molar-refractivity contribution >= 4 is 10.0 Å². The predicted molar refractivity (Wildman–Crippen MR) is 79.4 cm³/mol. The van der Waals surface area contributed by atoms with Crippen molar-refractivity contribution in [3.05, 3.63) is 29.8 Å². The van der Waals surface area contributed by atoms with Crippen molar-refractivity contribution in [1.29, 1.82) is 0 Å². The van der Waals surface area contributed by atoms with Gasteiger partial charge in [-0.05, 0) is 24.1 Å². The molecule has 2 atom stereocenters. The number of benzene rings is 1. The van der Waals surface area contributed by atoms with Gasteiger partial charge in [0.15, 0.2) is 0 Å². The molecule has 1 heterocycles. The summed E-state index contributed by atoms with van der Waals surface area (Å²) in [6, 6.07) is 6.75. The summed E-state index contributed by atoms with van der Waals surface area (Å²) >= 11 is 0. The molecule has 0 radical (unpaired) electrons. The molecule has 2 N–H and O–H groups in total. The van der Waals surface area contributed by atoms with Crippen molar-refractivity contribution < 1.29 is 18.3 Å². The molecule has 0 spiro atoms. The van der Waals surface area contributed by atoms with Gasteiger partial charge in [0.2, 0.25) is 10.0 Å². The number of hydrogen-bond donors (Lipinski definition) is 2. The lowest BCUT2D eigenvalue weighted by Gasteiger charge is -2.21. The van der Waals surface area contributed by atoms with Crippen LogP contribution in [-0.4, -0.2) is 57.2 Å². The van der Waals surface area contributed by atoms with Gasteiger partial charge >= 0.3 is 0 Å². The van der Waals surface area contributed by atoms with Gasteiger partial charge in [-0.3, -0.25) is 0 Å². The monoisotopic (exact) mass is 314 g/mol. The lowest BCUT2D eigenvalue weighted by molar-refractivity contribution is 0.184. The summed E-state index contributed by atoms with van der Waals surface area (Å²) in [4.78, 5) is 0.262. The van der Waals surface area contributed by atoms with Crippen LogP contribution in [0.3, 0.4) is 0 Å². The van der Waals surface area contributed by atoms with Crippen LogP contribution in [0.15, 0.2) is 29.2 Å². The largest absolute Gasteiger partial charge is 0.392 e. The van der Waals surface area contributed by atoms with Crippen LogP contribution in [0.4, 0.5) is 0 Å². The number of aliphatic hydroxyl groups is 1. The number of methoxy groups -OCH3 is 1. The topological polar surface area (TPSA) is 78.9 Å². The molecule has 1 fully saturated rings. The number of sulfonamides is 1. The Morgan fingerprint density at radius 3 is 2.86 bits per heavy atom. The minimum atomic E-state index is -3.53. The van der Waals surface area contributed by atoms with E-state index in [-0.39, 0.29) is 10.9 Å². The number of nitrogens with zero attached hydrogens (tertiary/aromatic N) is 1. The van der Waals surface area contributed by atoms with Crippen LogP contribution in [0.1, 0.15) is 12.0 Å². The molecule has 6 nitrogen and oxygen atoms in total. The maximum absolute atomic E-state index is 12.6. The Labute approximate surface area is 125 Å². The standard InChI is InChI=1S/C14H22N2O4S/c1-16(9-12-7-13(17)8-15-12)21(18,19)14-5-3-4-11(6-14)10-20-2/h3-6,12-13,15,17H,7-10H2,1-2H3/t12-,13+/m0/s1. The van der Waals surface area contributed by atoms with Crippen LogP contribution in [0.25, 0.3) is 0 Å². The summed E-state index contributed by atoms with van der Waals surface area (Å²) in [5, 5.41) is 12.6. The van der Waals surface area contributed by atoms with Gasteiger partial charge in [-0.25, -0.2) is 8.42 Å². The molecule has 1 aliphatic heterocycles. The quantitative estimate of drug-likeness (QED) is 0.783. The van der Waals surface area contributed by atoms with E-state index in [4.69, 9.17) is 4.74 Å². The van der Waals surface area contributed by atoms with Gasteiger partial charge in [-0.15, -0.1) is 0 Å². The number of ether oxygens (including phenoxy) is 1. The molecule has 0 bridgehead atoms. The lowest BCUT2D eigenvalue weighted by atomic mass is 10.2. The Balaban J connectivity index is 2.11. The molecule has 0 amide bonds. The fourth-order valence-corrected chi connectivity index (χ4v) is 3.77. The third-order valence-electron chi connectivity index (χ3n) is 3.59. The summed E-state index contributed by atoms with van der Waals surface area (Å²) in [6.45, 7) is 1.24. The third-order valence-corrected chi connectivity index (χ3v) is 5.41. The van der Waals surface area contributed by atoms with Gasteiger partial charge in [0.1, 0.15) is 0 Å². The van der Waals surface area contributed by atoms with Crippen molar-refractivity contribution in [3.63, 3.8) is 0 Å². The molecule has 7 heteroatoms. The number of likely N-dealkylation sites (N-methyl/N-ethyl adjacent to an activating group) is 1. The van der Waals surface area contributed by atoms with Crippen LogP contribution >= 0.6 is 0 Å². The first-order valence-corrected chi connectivity index (χ1v) is 8.33. The van der Waals surface area contributed by atoms with E-state index in [1.165, 1.54) is 4.31 Å². The lowest BCUT2D eigenvalue weighted by Crippen LogP contribution is -2.38. The Hall–Kier alpha value is -0.990. The SMILES string of the molecule is COCc1cccc(S(=O)(=O)N(C)C[C@@H]2C[C@@H](O)CN2)c1. The van der Waals surface area contributed by atoms with Crippen LogP contribution in [0.2, 0.25) is 0 Å². The first-order valence-electron chi connectivity index (χ1n) is 6.89. The maximum atomic E-state index is 12.6.